The van der Waals surface area contributed by atoms with Gasteiger partial charge in [-0.3, -0.25) is 5.32 Å². The van der Waals surface area contributed by atoms with Crippen LogP contribution in [0.15, 0.2) is 0 Å². The van der Waals surface area contributed by atoms with Crippen LogP contribution in [0, 0.1) is 11.3 Å². The summed E-state index contributed by atoms with van der Waals surface area (Å²) in [4.78, 5) is 2.43. The van der Waals surface area contributed by atoms with Gasteiger partial charge in [0.1, 0.15) is 5.54 Å². The highest BCUT2D eigenvalue weighted by Gasteiger charge is 2.44. The minimum absolute atomic E-state index is 0.256. The van der Waals surface area contributed by atoms with E-state index in [1.807, 2.05) is 0 Å². The van der Waals surface area contributed by atoms with Gasteiger partial charge in [-0.05, 0) is 58.4 Å². The number of ether oxygens (including phenoxy) is 1. The van der Waals surface area contributed by atoms with Crippen LogP contribution in [-0.4, -0.2) is 48.8 Å². The van der Waals surface area contributed by atoms with Gasteiger partial charge in [-0.1, -0.05) is 0 Å². The van der Waals surface area contributed by atoms with Crippen molar-refractivity contribution in [3.05, 3.63) is 0 Å². The first kappa shape index (κ1) is 14.3. The number of hydrogen-bond acceptors (Lipinski definition) is 4. The largest absolute Gasteiger partial charge is 0.377 e. The van der Waals surface area contributed by atoms with E-state index in [-0.39, 0.29) is 5.54 Å². The molecule has 3 aliphatic rings. The van der Waals surface area contributed by atoms with E-state index in [4.69, 9.17) is 4.74 Å². The summed E-state index contributed by atoms with van der Waals surface area (Å²) in [5.74, 6) is 0. The molecule has 0 spiro atoms. The van der Waals surface area contributed by atoms with Crippen molar-refractivity contribution in [3.63, 3.8) is 0 Å². The van der Waals surface area contributed by atoms with Gasteiger partial charge in [-0.15, -0.1) is 0 Å². The molecule has 2 aliphatic carbocycles. The van der Waals surface area contributed by atoms with Crippen molar-refractivity contribution >= 4 is 0 Å². The Kier molecular flexibility index (Phi) is 4.30. The number of nitriles is 1. The van der Waals surface area contributed by atoms with E-state index in [0.717, 1.165) is 32.4 Å². The average Bonchev–Trinajstić information content (AvgIpc) is 3.17. The molecule has 0 bridgehead atoms. The zero-order valence-electron chi connectivity index (χ0n) is 12.6. The Morgan fingerprint density at radius 1 is 1.30 bits per heavy atom. The maximum atomic E-state index is 9.56. The second kappa shape index (κ2) is 6.01. The molecule has 0 radical (unpaired) electrons. The Morgan fingerprint density at radius 3 is 2.80 bits per heavy atom. The van der Waals surface area contributed by atoms with Crippen molar-refractivity contribution < 1.29 is 4.74 Å². The van der Waals surface area contributed by atoms with E-state index >= 15 is 0 Å². The number of hydrogen-bond donors (Lipinski definition) is 1. The monoisotopic (exact) mass is 277 g/mol. The molecule has 20 heavy (non-hydrogen) atoms. The minimum atomic E-state index is -0.256. The number of nitrogens with one attached hydrogen (secondary N) is 1. The zero-order chi connectivity index (χ0) is 14.0. The lowest BCUT2D eigenvalue weighted by Crippen LogP contribution is -2.45. The topological polar surface area (TPSA) is 48.3 Å². The molecule has 4 heteroatoms. The Hall–Kier alpha value is -0.630. The Balaban J connectivity index is 1.51. The van der Waals surface area contributed by atoms with Gasteiger partial charge in [0, 0.05) is 25.2 Å². The summed E-state index contributed by atoms with van der Waals surface area (Å²) in [6.45, 7) is 1.95. The lowest BCUT2D eigenvalue weighted by molar-refractivity contribution is -0.00803. The maximum Gasteiger partial charge on any atom is 0.108 e. The van der Waals surface area contributed by atoms with Gasteiger partial charge in [0.2, 0.25) is 0 Å². The smallest absolute Gasteiger partial charge is 0.108 e. The van der Waals surface area contributed by atoms with Crippen LogP contribution in [0.2, 0.25) is 0 Å². The van der Waals surface area contributed by atoms with Crippen LogP contribution in [0.4, 0.5) is 0 Å². The molecule has 112 valence electrons. The molecular weight excluding hydrogens is 250 g/mol. The van der Waals surface area contributed by atoms with Gasteiger partial charge in [0.05, 0.1) is 12.2 Å². The first-order valence-electron chi connectivity index (χ1n) is 8.21. The van der Waals surface area contributed by atoms with Crippen molar-refractivity contribution in [2.24, 2.45) is 0 Å². The molecule has 3 fully saturated rings. The van der Waals surface area contributed by atoms with E-state index in [9.17, 15) is 5.26 Å². The quantitative estimate of drug-likeness (QED) is 0.835. The van der Waals surface area contributed by atoms with Gasteiger partial charge < -0.3 is 9.64 Å². The number of rotatable bonds is 5. The van der Waals surface area contributed by atoms with Gasteiger partial charge >= 0.3 is 0 Å². The standard InChI is InChI=1S/C16H27N3O/c1-19(11-15-4-2-3-9-20-15)14-7-8-16(10-14,12-17)18-13-5-6-13/h13-15,18H,2-11H2,1H3. The third-order valence-electron chi connectivity index (χ3n) is 5.15. The molecule has 0 aromatic carbocycles. The van der Waals surface area contributed by atoms with E-state index in [1.165, 1.54) is 32.1 Å². The highest BCUT2D eigenvalue weighted by Crippen LogP contribution is 2.35. The van der Waals surface area contributed by atoms with Crippen molar-refractivity contribution in [2.75, 3.05) is 20.2 Å². The summed E-state index contributed by atoms with van der Waals surface area (Å²) < 4.78 is 5.84. The highest BCUT2D eigenvalue weighted by atomic mass is 16.5. The highest BCUT2D eigenvalue weighted by molar-refractivity contribution is 5.15. The summed E-state index contributed by atoms with van der Waals surface area (Å²) in [5.41, 5.74) is -0.256. The van der Waals surface area contributed by atoms with Crippen molar-refractivity contribution in [1.29, 1.82) is 5.26 Å². The van der Waals surface area contributed by atoms with E-state index in [0.29, 0.717) is 18.2 Å². The van der Waals surface area contributed by atoms with E-state index < -0.39 is 0 Å². The van der Waals surface area contributed by atoms with Crippen LogP contribution in [0.25, 0.3) is 0 Å². The average molecular weight is 277 g/mol. The Morgan fingerprint density at radius 2 is 2.15 bits per heavy atom. The van der Waals surface area contributed by atoms with Crippen molar-refractivity contribution in [2.45, 2.75) is 75.1 Å². The second-order valence-corrected chi connectivity index (χ2v) is 6.94. The first-order chi connectivity index (χ1) is 9.71. The van der Waals surface area contributed by atoms with Crippen LogP contribution in [0.3, 0.4) is 0 Å². The molecule has 1 saturated heterocycles. The predicted octanol–water partition coefficient (Wildman–Crippen LogP) is 2.05. The van der Waals surface area contributed by atoms with Gasteiger partial charge in [0.25, 0.3) is 0 Å². The fourth-order valence-electron chi connectivity index (χ4n) is 3.70. The summed E-state index contributed by atoms with van der Waals surface area (Å²) in [6.07, 6.45) is 9.73. The van der Waals surface area contributed by atoms with Crippen LogP contribution in [-0.2, 0) is 4.74 Å². The normalized spacial score (nSPS) is 38.0. The fraction of sp³-hybridized carbons (Fsp3) is 0.938. The molecule has 0 aromatic heterocycles. The molecule has 0 amide bonds. The summed E-state index contributed by atoms with van der Waals surface area (Å²) in [7, 11) is 2.20. The van der Waals surface area contributed by atoms with Crippen LogP contribution in [0.5, 0.6) is 0 Å². The molecule has 0 aromatic rings. The molecular formula is C16H27N3O. The molecule has 1 heterocycles. The van der Waals surface area contributed by atoms with Gasteiger partial charge in [-0.25, -0.2) is 0 Å². The molecule has 1 N–H and O–H groups in total. The second-order valence-electron chi connectivity index (χ2n) is 6.94. The third-order valence-corrected chi connectivity index (χ3v) is 5.15. The molecule has 1 aliphatic heterocycles. The fourth-order valence-corrected chi connectivity index (χ4v) is 3.70. The Bertz CT molecular complexity index is 370. The third kappa shape index (κ3) is 3.33. The zero-order valence-corrected chi connectivity index (χ0v) is 12.6. The molecule has 3 atom stereocenters. The molecule has 4 nitrogen and oxygen atoms in total. The van der Waals surface area contributed by atoms with E-state index in [1.54, 1.807) is 0 Å². The maximum absolute atomic E-state index is 9.56. The first-order valence-corrected chi connectivity index (χ1v) is 8.21. The van der Waals surface area contributed by atoms with Crippen LogP contribution >= 0.6 is 0 Å². The molecule has 3 rings (SSSR count). The lowest BCUT2D eigenvalue weighted by Gasteiger charge is -2.31. The van der Waals surface area contributed by atoms with Crippen LogP contribution in [0.1, 0.15) is 51.4 Å². The number of nitrogens with zero attached hydrogens (tertiary/aromatic N) is 2. The summed E-state index contributed by atoms with van der Waals surface area (Å²) in [5, 5.41) is 13.1. The van der Waals surface area contributed by atoms with E-state index in [2.05, 4.69) is 23.3 Å². The predicted molar refractivity (Wildman–Crippen MR) is 78.4 cm³/mol. The minimum Gasteiger partial charge on any atom is -0.377 e. The van der Waals surface area contributed by atoms with Crippen molar-refractivity contribution in [3.8, 4) is 6.07 Å². The molecule has 2 saturated carbocycles. The lowest BCUT2D eigenvalue weighted by atomic mass is 9.99. The van der Waals surface area contributed by atoms with Gasteiger partial charge in [-0.2, -0.15) is 5.26 Å². The van der Waals surface area contributed by atoms with Crippen LogP contribution < -0.4 is 5.32 Å². The number of likely N-dealkylation sites (N-methyl/N-ethyl adjacent to an activating group) is 1. The van der Waals surface area contributed by atoms with Gasteiger partial charge in [0.15, 0.2) is 0 Å². The molecule has 3 unspecified atom stereocenters. The van der Waals surface area contributed by atoms with Crippen molar-refractivity contribution in [1.82, 2.24) is 10.2 Å². The Labute approximate surface area is 122 Å². The summed E-state index contributed by atoms with van der Waals surface area (Å²) in [6, 6.07) is 3.71. The SMILES string of the molecule is CN(CC1CCCCO1)C1CCC(C#N)(NC2CC2)C1. The summed E-state index contributed by atoms with van der Waals surface area (Å²) >= 11 is 0.